The van der Waals surface area contributed by atoms with Gasteiger partial charge >= 0.3 is 0 Å². The summed E-state index contributed by atoms with van der Waals surface area (Å²) in [6.45, 7) is 4.00. The Balaban J connectivity index is 2.30. The van der Waals surface area contributed by atoms with E-state index in [2.05, 4.69) is 16.0 Å². The van der Waals surface area contributed by atoms with E-state index in [9.17, 15) is 4.79 Å². The zero-order chi connectivity index (χ0) is 14.0. The van der Waals surface area contributed by atoms with Crippen molar-refractivity contribution in [3.8, 4) is 0 Å². The van der Waals surface area contributed by atoms with Crippen molar-refractivity contribution in [2.24, 2.45) is 0 Å². The van der Waals surface area contributed by atoms with E-state index in [1.54, 1.807) is 11.9 Å². The van der Waals surface area contributed by atoms with E-state index < -0.39 is 0 Å². The number of aromatic nitrogens is 2. The zero-order valence-electron chi connectivity index (χ0n) is 11.2. The molecule has 0 unspecified atom stereocenters. The van der Waals surface area contributed by atoms with Gasteiger partial charge in [-0.15, -0.1) is 0 Å². The van der Waals surface area contributed by atoms with Crippen LogP contribution >= 0.6 is 0 Å². The molecule has 0 aliphatic heterocycles. The second-order valence-corrected chi connectivity index (χ2v) is 4.54. The Morgan fingerprint density at radius 3 is 2.26 bits per heavy atom. The van der Waals surface area contributed by atoms with Gasteiger partial charge in [0, 0.05) is 12.7 Å². The Bertz CT molecular complexity index is 587. The molecule has 98 valence electrons. The van der Waals surface area contributed by atoms with Crippen LogP contribution in [-0.2, 0) is 0 Å². The Hall–Kier alpha value is -2.43. The standard InChI is InChI=1S/C14H16N4O/c1-9-4-10(2)6-11(5-9)18(3)14(19)12-7-17-13(15)8-16-12/h4-8H,1-3H3,(H2,15,17). The molecule has 0 aliphatic carbocycles. The van der Waals surface area contributed by atoms with E-state index in [1.807, 2.05) is 26.0 Å². The molecule has 0 radical (unpaired) electrons. The van der Waals surface area contributed by atoms with Crippen LogP contribution in [-0.4, -0.2) is 22.9 Å². The van der Waals surface area contributed by atoms with Gasteiger partial charge in [0.15, 0.2) is 0 Å². The minimum atomic E-state index is -0.211. The van der Waals surface area contributed by atoms with E-state index >= 15 is 0 Å². The predicted octanol–water partition coefficient (Wildman–Crippen LogP) is 1.95. The average molecular weight is 256 g/mol. The van der Waals surface area contributed by atoms with Gasteiger partial charge in [0.25, 0.3) is 5.91 Å². The van der Waals surface area contributed by atoms with Crippen molar-refractivity contribution in [2.45, 2.75) is 13.8 Å². The molecule has 0 saturated heterocycles. The number of aryl methyl sites for hydroxylation is 2. The highest BCUT2D eigenvalue weighted by Gasteiger charge is 2.15. The lowest BCUT2D eigenvalue weighted by Gasteiger charge is -2.18. The van der Waals surface area contributed by atoms with Crippen LogP contribution in [0.25, 0.3) is 0 Å². The van der Waals surface area contributed by atoms with Crippen LogP contribution in [0.4, 0.5) is 11.5 Å². The first kappa shape index (κ1) is 13.0. The minimum Gasteiger partial charge on any atom is -0.382 e. The van der Waals surface area contributed by atoms with Crippen LogP contribution in [0.5, 0.6) is 0 Å². The maximum Gasteiger partial charge on any atom is 0.278 e. The summed E-state index contributed by atoms with van der Waals surface area (Å²) in [4.78, 5) is 21.7. The SMILES string of the molecule is Cc1cc(C)cc(N(C)C(=O)c2cnc(N)cn2)c1. The van der Waals surface area contributed by atoms with Crippen molar-refractivity contribution < 1.29 is 4.79 Å². The third-order valence-corrected chi connectivity index (χ3v) is 2.79. The quantitative estimate of drug-likeness (QED) is 0.891. The van der Waals surface area contributed by atoms with E-state index in [4.69, 9.17) is 5.73 Å². The molecule has 5 nitrogen and oxygen atoms in total. The predicted molar refractivity (Wildman–Crippen MR) is 75.1 cm³/mol. The highest BCUT2D eigenvalue weighted by molar-refractivity contribution is 6.04. The Kier molecular flexibility index (Phi) is 3.46. The minimum absolute atomic E-state index is 0.211. The van der Waals surface area contributed by atoms with Crippen LogP contribution in [0.2, 0.25) is 0 Å². The van der Waals surface area contributed by atoms with Gasteiger partial charge in [-0.05, 0) is 37.1 Å². The Morgan fingerprint density at radius 1 is 1.11 bits per heavy atom. The average Bonchev–Trinajstić information content (AvgIpc) is 2.37. The maximum atomic E-state index is 12.3. The molecule has 0 saturated carbocycles. The molecule has 19 heavy (non-hydrogen) atoms. The lowest BCUT2D eigenvalue weighted by Crippen LogP contribution is -2.27. The number of rotatable bonds is 2. The molecular formula is C14H16N4O. The normalized spacial score (nSPS) is 10.3. The van der Waals surface area contributed by atoms with Crippen LogP contribution in [0.1, 0.15) is 21.6 Å². The first-order valence-electron chi connectivity index (χ1n) is 5.91. The summed E-state index contributed by atoms with van der Waals surface area (Å²) < 4.78 is 0. The number of nitrogens with two attached hydrogens (primary N) is 1. The van der Waals surface area contributed by atoms with Crippen LogP contribution in [0.3, 0.4) is 0 Å². The van der Waals surface area contributed by atoms with Crippen molar-refractivity contribution in [3.63, 3.8) is 0 Å². The molecule has 0 fully saturated rings. The molecule has 0 spiro atoms. The molecule has 1 aromatic heterocycles. The van der Waals surface area contributed by atoms with Crippen molar-refractivity contribution in [1.29, 1.82) is 0 Å². The van der Waals surface area contributed by atoms with Crippen molar-refractivity contribution in [2.75, 3.05) is 17.7 Å². The number of nitrogens with zero attached hydrogens (tertiary/aromatic N) is 3. The first-order valence-corrected chi connectivity index (χ1v) is 5.91. The van der Waals surface area contributed by atoms with Gasteiger partial charge in [-0.3, -0.25) is 4.79 Å². The Labute approximate surface area is 112 Å². The number of carbonyl (C=O) groups is 1. The summed E-state index contributed by atoms with van der Waals surface area (Å²) in [6.07, 6.45) is 2.76. The number of amides is 1. The van der Waals surface area contributed by atoms with Gasteiger partial charge in [-0.2, -0.15) is 0 Å². The smallest absolute Gasteiger partial charge is 0.278 e. The number of benzene rings is 1. The van der Waals surface area contributed by atoms with Crippen LogP contribution < -0.4 is 10.6 Å². The van der Waals surface area contributed by atoms with Gasteiger partial charge < -0.3 is 10.6 Å². The third kappa shape index (κ3) is 2.88. The van der Waals surface area contributed by atoms with Crippen LogP contribution in [0.15, 0.2) is 30.6 Å². The van der Waals surface area contributed by atoms with Gasteiger partial charge in [-0.25, -0.2) is 9.97 Å². The molecule has 2 aromatic rings. The molecule has 1 heterocycles. The Morgan fingerprint density at radius 2 is 1.74 bits per heavy atom. The van der Waals surface area contributed by atoms with E-state index in [0.717, 1.165) is 16.8 Å². The fourth-order valence-electron chi connectivity index (χ4n) is 1.88. The molecule has 0 atom stereocenters. The zero-order valence-corrected chi connectivity index (χ0v) is 11.2. The maximum absolute atomic E-state index is 12.3. The topological polar surface area (TPSA) is 72.1 Å². The molecule has 2 N–H and O–H groups in total. The van der Waals surface area contributed by atoms with Crippen LogP contribution in [0, 0.1) is 13.8 Å². The summed E-state index contributed by atoms with van der Waals surface area (Å²) in [6, 6.07) is 5.97. The monoisotopic (exact) mass is 256 g/mol. The molecule has 1 amide bonds. The highest BCUT2D eigenvalue weighted by atomic mass is 16.2. The summed E-state index contributed by atoms with van der Waals surface area (Å²) in [5.41, 5.74) is 8.78. The van der Waals surface area contributed by atoms with E-state index in [-0.39, 0.29) is 11.6 Å². The number of anilines is 2. The second-order valence-electron chi connectivity index (χ2n) is 4.54. The van der Waals surface area contributed by atoms with Gasteiger partial charge in [0.1, 0.15) is 11.5 Å². The molecule has 1 aromatic carbocycles. The molecule has 5 heteroatoms. The highest BCUT2D eigenvalue weighted by Crippen LogP contribution is 2.19. The van der Waals surface area contributed by atoms with E-state index in [1.165, 1.54) is 12.4 Å². The number of hydrogen-bond acceptors (Lipinski definition) is 4. The molecule has 2 rings (SSSR count). The van der Waals surface area contributed by atoms with Crippen molar-refractivity contribution in [3.05, 3.63) is 47.4 Å². The number of nitrogen functional groups attached to an aromatic ring is 1. The number of carbonyl (C=O) groups excluding carboxylic acids is 1. The number of hydrogen-bond donors (Lipinski definition) is 1. The summed E-state index contributed by atoms with van der Waals surface area (Å²) in [7, 11) is 1.72. The molecular weight excluding hydrogens is 240 g/mol. The van der Waals surface area contributed by atoms with Crippen molar-refractivity contribution >= 4 is 17.4 Å². The van der Waals surface area contributed by atoms with Crippen molar-refractivity contribution in [1.82, 2.24) is 9.97 Å². The third-order valence-electron chi connectivity index (χ3n) is 2.79. The fraction of sp³-hybridized carbons (Fsp3) is 0.214. The fourth-order valence-corrected chi connectivity index (χ4v) is 1.88. The van der Waals surface area contributed by atoms with Gasteiger partial charge in [0.2, 0.25) is 0 Å². The molecule has 0 aliphatic rings. The second kappa shape index (κ2) is 5.06. The first-order chi connectivity index (χ1) is 8.97. The van der Waals surface area contributed by atoms with E-state index in [0.29, 0.717) is 5.82 Å². The lowest BCUT2D eigenvalue weighted by atomic mass is 10.1. The van der Waals surface area contributed by atoms with Gasteiger partial charge in [-0.1, -0.05) is 6.07 Å². The lowest BCUT2D eigenvalue weighted by molar-refractivity contribution is 0.0988. The summed E-state index contributed by atoms with van der Waals surface area (Å²) in [5, 5.41) is 0. The van der Waals surface area contributed by atoms with Gasteiger partial charge in [0.05, 0.1) is 12.4 Å². The largest absolute Gasteiger partial charge is 0.382 e. The molecule has 0 bridgehead atoms. The summed E-state index contributed by atoms with van der Waals surface area (Å²) >= 11 is 0. The summed E-state index contributed by atoms with van der Waals surface area (Å²) in [5.74, 6) is 0.0862.